The van der Waals surface area contributed by atoms with Crippen LogP contribution in [0.2, 0.25) is 0 Å². The summed E-state index contributed by atoms with van der Waals surface area (Å²) in [5.74, 6) is -0.354. The van der Waals surface area contributed by atoms with Crippen molar-refractivity contribution in [2.24, 2.45) is 12.8 Å². The second-order valence-corrected chi connectivity index (χ2v) is 5.53. The topological polar surface area (TPSA) is 120 Å². The van der Waals surface area contributed by atoms with Gasteiger partial charge in [0, 0.05) is 24.7 Å². The van der Waals surface area contributed by atoms with E-state index in [2.05, 4.69) is 9.97 Å². The Hall–Kier alpha value is -3.00. The molecule has 0 aliphatic rings. The van der Waals surface area contributed by atoms with E-state index in [1.54, 1.807) is 13.0 Å². The predicted molar refractivity (Wildman–Crippen MR) is 90.0 cm³/mol. The lowest BCUT2D eigenvalue weighted by atomic mass is 9.94. The second kappa shape index (κ2) is 5.57. The highest BCUT2D eigenvalue weighted by atomic mass is 19.1. The number of pyridine rings is 1. The molecule has 0 fully saturated rings. The summed E-state index contributed by atoms with van der Waals surface area (Å²) in [5, 5.41) is 0.153. The van der Waals surface area contributed by atoms with E-state index in [1.807, 2.05) is 0 Å². The molecule has 8 heteroatoms. The number of hydrogen-bond acceptors (Lipinski definition) is 5. The SMILES string of the molecule is Cc1ccc(F)cc1-c1c(CN)c(N)nc2c1c(=O)[nH]c(=O)n2C. The highest BCUT2D eigenvalue weighted by Crippen LogP contribution is 2.34. The molecule has 0 radical (unpaired) electrons. The number of H-pyrrole nitrogens is 1. The minimum Gasteiger partial charge on any atom is -0.383 e. The third-order valence-electron chi connectivity index (χ3n) is 4.05. The number of aryl methyl sites for hydroxylation is 2. The molecule has 24 heavy (non-hydrogen) atoms. The average Bonchev–Trinajstić information content (AvgIpc) is 2.54. The van der Waals surface area contributed by atoms with Crippen molar-refractivity contribution in [1.82, 2.24) is 14.5 Å². The minimum atomic E-state index is -0.617. The molecule has 1 aromatic carbocycles. The van der Waals surface area contributed by atoms with Gasteiger partial charge in [-0.25, -0.2) is 14.2 Å². The number of anilines is 1. The molecule has 124 valence electrons. The number of aromatic amines is 1. The quantitative estimate of drug-likeness (QED) is 0.641. The molecule has 3 rings (SSSR count). The molecule has 0 amide bonds. The number of nitrogen functional groups attached to an aromatic ring is 1. The molecular formula is C16H16FN5O2. The molecule has 0 saturated heterocycles. The maximum atomic E-state index is 13.8. The van der Waals surface area contributed by atoms with Crippen LogP contribution in [0, 0.1) is 12.7 Å². The highest BCUT2D eigenvalue weighted by Gasteiger charge is 2.20. The zero-order chi connectivity index (χ0) is 17.6. The van der Waals surface area contributed by atoms with Gasteiger partial charge in [-0.1, -0.05) is 6.07 Å². The molecule has 0 aliphatic heterocycles. The molecule has 7 nitrogen and oxygen atoms in total. The Morgan fingerprint density at radius 1 is 1.33 bits per heavy atom. The van der Waals surface area contributed by atoms with Crippen LogP contribution in [0.4, 0.5) is 10.2 Å². The number of nitrogens with two attached hydrogens (primary N) is 2. The summed E-state index contributed by atoms with van der Waals surface area (Å²) in [6, 6.07) is 4.24. The van der Waals surface area contributed by atoms with Crippen molar-refractivity contribution in [1.29, 1.82) is 0 Å². The number of nitrogens with zero attached hydrogens (tertiary/aromatic N) is 2. The number of halogens is 1. The van der Waals surface area contributed by atoms with Gasteiger partial charge in [-0.15, -0.1) is 0 Å². The van der Waals surface area contributed by atoms with E-state index in [4.69, 9.17) is 11.5 Å². The smallest absolute Gasteiger partial charge is 0.329 e. The first-order chi connectivity index (χ1) is 11.3. The Bertz CT molecular complexity index is 1080. The Morgan fingerprint density at radius 2 is 2.04 bits per heavy atom. The van der Waals surface area contributed by atoms with Crippen molar-refractivity contribution in [3.63, 3.8) is 0 Å². The third-order valence-corrected chi connectivity index (χ3v) is 4.05. The van der Waals surface area contributed by atoms with Gasteiger partial charge < -0.3 is 11.5 Å². The zero-order valence-corrected chi connectivity index (χ0v) is 13.2. The van der Waals surface area contributed by atoms with Crippen molar-refractivity contribution >= 4 is 16.9 Å². The van der Waals surface area contributed by atoms with Gasteiger partial charge in [0.1, 0.15) is 11.6 Å². The molecule has 0 spiro atoms. The zero-order valence-electron chi connectivity index (χ0n) is 13.2. The summed E-state index contributed by atoms with van der Waals surface area (Å²) >= 11 is 0. The van der Waals surface area contributed by atoms with E-state index < -0.39 is 17.1 Å². The first-order valence-electron chi connectivity index (χ1n) is 7.23. The third kappa shape index (κ3) is 2.28. The van der Waals surface area contributed by atoms with Crippen LogP contribution in [-0.4, -0.2) is 14.5 Å². The number of aromatic nitrogens is 3. The van der Waals surface area contributed by atoms with Crippen LogP contribution in [0.1, 0.15) is 11.1 Å². The fraction of sp³-hybridized carbons (Fsp3) is 0.188. The Kier molecular flexibility index (Phi) is 3.69. The van der Waals surface area contributed by atoms with Gasteiger partial charge in [0.05, 0.1) is 5.39 Å². The minimum absolute atomic E-state index is 0.0162. The molecule has 0 bridgehead atoms. The maximum Gasteiger partial charge on any atom is 0.329 e. The molecule has 0 aliphatic carbocycles. The van der Waals surface area contributed by atoms with E-state index in [9.17, 15) is 14.0 Å². The lowest BCUT2D eigenvalue weighted by Gasteiger charge is -2.16. The van der Waals surface area contributed by atoms with Crippen molar-refractivity contribution in [2.75, 3.05) is 5.73 Å². The van der Waals surface area contributed by atoms with Gasteiger partial charge >= 0.3 is 5.69 Å². The first-order valence-corrected chi connectivity index (χ1v) is 7.23. The van der Waals surface area contributed by atoms with Gasteiger partial charge in [-0.2, -0.15) is 0 Å². The molecule has 0 saturated carbocycles. The monoisotopic (exact) mass is 329 g/mol. The number of nitrogens with one attached hydrogen (secondary N) is 1. The van der Waals surface area contributed by atoms with Crippen LogP contribution < -0.4 is 22.7 Å². The molecule has 0 atom stereocenters. The van der Waals surface area contributed by atoms with E-state index in [1.165, 1.54) is 23.7 Å². The van der Waals surface area contributed by atoms with E-state index in [0.29, 0.717) is 16.7 Å². The molecule has 2 aromatic heterocycles. The van der Waals surface area contributed by atoms with E-state index in [-0.39, 0.29) is 23.4 Å². The van der Waals surface area contributed by atoms with Gasteiger partial charge in [0.25, 0.3) is 5.56 Å². The van der Waals surface area contributed by atoms with Gasteiger partial charge in [-0.05, 0) is 30.2 Å². The number of benzene rings is 1. The van der Waals surface area contributed by atoms with Crippen molar-refractivity contribution < 1.29 is 4.39 Å². The lowest BCUT2D eigenvalue weighted by molar-refractivity contribution is 0.628. The predicted octanol–water partition coefficient (Wildman–Crippen LogP) is 0.777. The number of rotatable bonds is 2. The molecule has 0 unspecified atom stereocenters. The molecular weight excluding hydrogens is 313 g/mol. The fourth-order valence-corrected chi connectivity index (χ4v) is 2.79. The summed E-state index contributed by atoms with van der Waals surface area (Å²) in [6.45, 7) is 1.80. The average molecular weight is 329 g/mol. The van der Waals surface area contributed by atoms with E-state index in [0.717, 1.165) is 5.56 Å². The summed E-state index contributed by atoms with van der Waals surface area (Å²) in [5.41, 5.74) is 12.7. The molecule has 3 aromatic rings. The Morgan fingerprint density at radius 3 is 2.71 bits per heavy atom. The summed E-state index contributed by atoms with van der Waals surface area (Å²) in [6.07, 6.45) is 0. The Labute approximate surface area is 135 Å². The highest BCUT2D eigenvalue weighted by molar-refractivity contribution is 5.97. The van der Waals surface area contributed by atoms with Crippen LogP contribution in [0.25, 0.3) is 22.2 Å². The molecule has 2 heterocycles. The first kappa shape index (κ1) is 15.9. The van der Waals surface area contributed by atoms with Gasteiger partial charge in [-0.3, -0.25) is 14.3 Å². The molecule has 5 N–H and O–H groups in total. The van der Waals surface area contributed by atoms with Crippen LogP contribution >= 0.6 is 0 Å². The lowest BCUT2D eigenvalue weighted by Crippen LogP contribution is -2.30. The maximum absolute atomic E-state index is 13.8. The van der Waals surface area contributed by atoms with Gasteiger partial charge in [0.2, 0.25) is 0 Å². The second-order valence-electron chi connectivity index (χ2n) is 5.53. The standard InChI is InChI=1S/C16H16FN5O2/c1-7-3-4-8(17)5-9(7)11-10(6-18)13(19)20-14-12(11)15(23)21-16(24)22(14)2/h3-5H,6,18H2,1-2H3,(H2,19,20)(H,21,23,24). The van der Waals surface area contributed by atoms with Crippen LogP contribution in [0.5, 0.6) is 0 Å². The summed E-state index contributed by atoms with van der Waals surface area (Å²) in [7, 11) is 1.47. The van der Waals surface area contributed by atoms with Crippen LogP contribution in [-0.2, 0) is 13.6 Å². The largest absolute Gasteiger partial charge is 0.383 e. The number of fused-ring (bicyclic) bond motifs is 1. The van der Waals surface area contributed by atoms with Crippen molar-refractivity contribution in [2.45, 2.75) is 13.5 Å². The van der Waals surface area contributed by atoms with Crippen molar-refractivity contribution in [3.05, 3.63) is 56.0 Å². The van der Waals surface area contributed by atoms with Crippen molar-refractivity contribution in [3.8, 4) is 11.1 Å². The van der Waals surface area contributed by atoms with Crippen LogP contribution in [0.3, 0.4) is 0 Å². The normalized spacial score (nSPS) is 11.2. The van der Waals surface area contributed by atoms with Gasteiger partial charge in [0.15, 0.2) is 5.65 Å². The van der Waals surface area contributed by atoms with E-state index >= 15 is 0 Å². The number of hydrogen-bond donors (Lipinski definition) is 3. The van der Waals surface area contributed by atoms with Crippen LogP contribution in [0.15, 0.2) is 27.8 Å². The Balaban J connectivity index is 2.64. The summed E-state index contributed by atoms with van der Waals surface area (Å²) in [4.78, 5) is 30.7. The fourth-order valence-electron chi connectivity index (χ4n) is 2.79. The summed E-state index contributed by atoms with van der Waals surface area (Å²) < 4.78 is 15.0.